The Morgan fingerprint density at radius 2 is 1.36 bits per heavy atom. The molecular formula is C20H32N2O4S2. The van der Waals surface area contributed by atoms with E-state index in [1.807, 2.05) is 20.8 Å². The topological polar surface area (TPSA) is 74.8 Å². The fourth-order valence-electron chi connectivity index (χ4n) is 4.61. The molecule has 2 aliphatic heterocycles. The molecule has 3 rings (SSSR count). The summed E-state index contributed by atoms with van der Waals surface area (Å²) in [7, 11) is -7.25. The predicted octanol–water partition coefficient (Wildman–Crippen LogP) is 3.59. The molecule has 28 heavy (non-hydrogen) atoms. The van der Waals surface area contributed by atoms with Gasteiger partial charge in [-0.25, -0.2) is 16.8 Å². The Balaban J connectivity index is 1.88. The van der Waals surface area contributed by atoms with Crippen molar-refractivity contribution in [2.75, 3.05) is 6.54 Å². The van der Waals surface area contributed by atoms with Crippen LogP contribution < -0.4 is 0 Å². The highest BCUT2D eigenvalue weighted by molar-refractivity contribution is 7.89. The Hall–Kier alpha value is -0.960. The van der Waals surface area contributed by atoms with Crippen molar-refractivity contribution in [1.82, 2.24) is 8.61 Å². The van der Waals surface area contributed by atoms with Crippen molar-refractivity contribution in [3.05, 3.63) is 24.3 Å². The zero-order chi connectivity index (χ0) is 20.5. The summed E-state index contributed by atoms with van der Waals surface area (Å²) in [6.45, 7) is 6.42. The van der Waals surface area contributed by atoms with Gasteiger partial charge < -0.3 is 0 Å². The highest BCUT2D eigenvalue weighted by atomic mass is 32.2. The van der Waals surface area contributed by atoms with Crippen molar-refractivity contribution in [2.24, 2.45) is 0 Å². The van der Waals surface area contributed by atoms with E-state index in [0.29, 0.717) is 6.54 Å². The standard InChI is InChI=1S/C20H32N2O4S2/c1-4-18-10-5-6-15-21(18)27(23,24)19-11-13-20(14-12-19)28(25,26)22-16(2)8-7-9-17(22)3/h11-14,16-18H,4-10,15H2,1-3H3/t16-,17+,18-/m0/s1. The number of rotatable bonds is 5. The average molecular weight is 429 g/mol. The summed E-state index contributed by atoms with van der Waals surface area (Å²) in [4.78, 5) is 0.337. The molecule has 0 bridgehead atoms. The quantitative estimate of drug-likeness (QED) is 0.718. The second-order valence-corrected chi connectivity index (χ2v) is 11.8. The molecule has 8 heteroatoms. The third-order valence-corrected chi connectivity index (χ3v) is 10.3. The van der Waals surface area contributed by atoms with Crippen LogP contribution in [0.15, 0.2) is 34.1 Å². The van der Waals surface area contributed by atoms with Crippen LogP contribution in [0, 0.1) is 0 Å². The van der Waals surface area contributed by atoms with Gasteiger partial charge in [0, 0.05) is 24.7 Å². The SMILES string of the molecule is CC[C@H]1CCCCN1S(=O)(=O)c1ccc(S(=O)(=O)N2[C@H](C)CCC[C@@H]2C)cc1. The summed E-state index contributed by atoms with van der Waals surface area (Å²) in [5.41, 5.74) is 0. The van der Waals surface area contributed by atoms with Crippen LogP contribution in [-0.2, 0) is 20.0 Å². The first-order valence-corrected chi connectivity index (χ1v) is 13.2. The number of nitrogens with zero attached hydrogens (tertiary/aromatic N) is 2. The van der Waals surface area contributed by atoms with Crippen LogP contribution in [0.3, 0.4) is 0 Å². The van der Waals surface area contributed by atoms with Crippen LogP contribution >= 0.6 is 0 Å². The molecule has 6 nitrogen and oxygen atoms in total. The van der Waals surface area contributed by atoms with Gasteiger partial charge in [-0.3, -0.25) is 0 Å². The molecule has 3 atom stereocenters. The minimum atomic E-state index is -3.64. The average Bonchev–Trinajstić information content (AvgIpc) is 2.67. The molecule has 0 N–H and O–H groups in total. The third kappa shape index (κ3) is 4.01. The molecule has 0 aromatic heterocycles. The number of piperidine rings is 2. The maximum Gasteiger partial charge on any atom is 0.243 e. The molecule has 1 aromatic carbocycles. The largest absolute Gasteiger partial charge is 0.243 e. The van der Waals surface area contributed by atoms with Gasteiger partial charge in [0.1, 0.15) is 0 Å². The molecule has 0 radical (unpaired) electrons. The highest BCUT2D eigenvalue weighted by Gasteiger charge is 2.36. The summed E-state index contributed by atoms with van der Waals surface area (Å²) in [5.74, 6) is 0. The second-order valence-electron chi connectivity index (χ2n) is 8.11. The fraction of sp³-hybridized carbons (Fsp3) is 0.700. The monoisotopic (exact) mass is 428 g/mol. The number of hydrogen-bond acceptors (Lipinski definition) is 4. The number of hydrogen-bond donors (Lipinski definition) is 0. The van der Waals surface area contributed by atoms with E-state index in [-0.39, 0.29) is 27.9 Å². The predicted molar refractivity (Wildman–Crippen MR) is 110 cm³/mol. The van der Waals surface area contributed by atoms with E-state index >= 15 is 0 Å². The third-order valence-electron chi connectivity index (χ3n) is 6.16. The van der Waals surface area contributed by atoms with E-state index in [1.54, 1.807) is 8.61 Å². The van der Waals surface area contributed by atoms with Crippen molar-refractivity contribution in [3.8, 4) is 0 Å². The maximum absolute atomic E-state index is 13.1. The van der Waals surface area contributed by atoms with E-state index in [9.17, 15) is 16.8 Å². The smallest absolute Gasteiger partial charge is 0.207 e. The Kier molecular flexibility index (Phi) is 6.54. The second kappa shape index (κ2) is 8.42. The minimum absolute atomic E-state index is 0.0252. The lowest BCUT2D eigenvalue weighted by Gasteiger charge is -2.37. The van der Waals surface area contributed by atoms with Crippen LogP contribution in [0.1, 0.15) is 65.7 Å². The van der Waals surface area contributed by atoms with Crippen molar-refractivity contribution in [3.63, 3.8) is 0 Å². The van der Waals surface area contributed by atoms with Crippen LogP contribution in [0.4, 0.5) is 0 Å². The van der Waals surface area contributed by atoms with Gasteiger partial charge in [-0.1, -0.05) is 19.8 Å². The number of benzene rings is 1. The normalized spacial score (nSPS) is 28.3. The zero-order valence-corrected chi connectivity index (χ0v) is 18.7. The van der Waals surface area contributed by atoms with Crippen molar-refractivity contribution < 1.29 is 16.8 Å². The molecule has 0 aliphatic carbocycles. The molecular weight excluding hydrogens is 396 g/mol. The van der Waals surface area contributed by atoms with Crippen molar-refractivity contribution in [2.45, 2.75) is 93.6 Å². The van der Waals surface area contributed by atoms with Crippen molar-refractivity contribution >= 4 is 20.0 Å². The van der Waals surface area contributed by atoms with E-state index in [0.717, 1.165) is 44.9 Å². The molecule has 0 saturated carbocycles. The van der Waals surface area contributed by atoms with Crippen LogP contribution in [0.5, 0.6) is 0 Å². The maximum atomic E-state index is 13.1. The molecule has 2 fully saturated rings. The Morgan fingerprint density at radius 3 is 1.89 bits per heavy atom. The lowest BCUT2D eigenvalue weighted by Crippen LogP contribution is -2.47. The minimum Gasteiger partial charge on any atom is -0.207 e. The summed E-state index contributed by atoms with van der Waals surface area (Å²) >= 11 is 0. The lowest BCUT2D eigenvalue weighted by atomic mass is 10.0. The van der Waals surface area contributed by atoms with Gasteiger partial charge in [0.2, 0.25) is 20.0 Å². The zero-order valence-electron chi connectivity index (χ0n) is 17.0. The van der Waals surface area contributed by atoms with Crippen molar-refractivity contribution in [1.29, 1.82) is 0 Å². The first kappa shape index (κ1) is 21.7. The lowest BCUT2D eigenvalue weighted by molar-refractivity contribution is 0.204. The molecule has 0 spiro atoms. The molecule has 1 aromatic rings. The van der Waals surface area contributed by atoms with Gasteiger partial charge in [-0.15, -0.1) is 0 Å². The first-order valence-electron chi connectivity index (χ1n) is 10.3. The summed E-state index contributed by atoms with van der Waals surface area (Å²) in [6, 6.07) is 5.72. The molecule has 0 unspecified atom stereocenters. The summed E-state index contributed by atoms with van der Waals surface area (Å²) < 4.78 is 55.6. The Morgan fingerprint density at radius 1 is 0.821 bits per heavy atom. The summed E-state index contributed by atoms with van der Waals surface area (Å²) in [6.07, 6.45) is 6.32. The van der Waals surface area contributed by atoms with E-state index in [2.05, 4.69) is 0 Å². The molecule has 158 valence electrons. The molecule has 2 aliphatic rings. The van der Waals surface area contributed by atoms with Crippen LogP contribution in [-0.4, -0.2) is 50.1 Å². The Bertz CT molecular complexity index is 871. The van der Waals surface area contributed by atoms with Gasteiger partial charge in [0.25, 0.3) is 0 Å². The fourth-order valence-corrected chi connectivity index (χ4v) is 8.26. The molecule has 2 saturated heterocycles. The highest BCUT2D eigenvalue weighted by Crippen LogP contribution is 2.31. The van der Waals surface area contributed by atoms with E-state index in [1.165, 1.54) is 24.3 Å². The van der Waals surface area contributed by atoms with E-state index in [4.69, 9.17) is 0 Å². The first-order chi connectivity index (χ1) is 13.2. The van der Waals surface area contributed by atoms with Gasteiger partial charge >= 0.3 is 0 Å². The van der Waals surface area contributed by atoms with Crippen LogP contribution in [0.2, 0.25) is 0 Å². The van der Waals surface area contributed by atoms with Gasteiger partial charge in [0.05, 0.1) is 9.79 Å². The number of sulfonamides is 2. The molecule has 0 amide bonds. The molecule has 2 heterocycles. The van der Waals surface area contributed by atoms with Gasteiger partial charge in [-0.05, 0) is 70.2 Å². The van der Waals surface area contributed by atoms with Gasteiger partial charge in [0.15, 0.2) is 0 Å². The van der Waals surface area contributed by atoms with Gasteiger partial charge in [-0.2, -0.15) is 8.61 Å². The van der Waals surface area contributed by atoms with Crippen LogP contribution in [0.25, 0.3) is 0 Å². The summed E-state index contributed by atoms with van der Waals surface area (Å²) in [5, 5.41) is 0. The van der Waals surface area contributed by atoms with E-state index < -0.39 is 20.0 Å². The Labute approximate surface area is 170 Å².